The van der Waals surface area contributed by atoms with E-state index in [0.29, 0.717) is 12.1 Å². The highest BCUT2D eigenvalue weighted by Crippen LogP contribution is 2.08. The number of carbonyl (C=O) groups excluding carboxylic acids is 1. The molecule has 4 nitrogen and oxygen atoms in total. The number of benzene rings is 1. The summed E-state index contributed by atoms with van der Waals surface area (Å²) in [4.78, 5) is 11.6. The monoisotopic (exact) mass is 243 g/mol. The quantitative estimate of drug-likeness (QED) is 0.614. The lowest BCUT2D eigenvalue weighted by atomic mass is 10.1. The van der Waals surface area contributed by atoms with Crippen LogP contribution >= 0.6 is 0 Å². The van der Waals surface area contributed by atoms with Crippen LogP contribution in [0, 0.1) is 11.3 Å². The van der Waals surface area contributed by atoms with E-state index >= 15 is 0 Å². The Labute approximate surface area is 107 Å². The third-order valence-electron chi connectivity index (χ3n) is 2.51. The molecule has 0 fully saturated rings. The molecule has 1 atom stereocenters. The molecule has 0 heterocycles. The molecule has 0 saturated carbocycles. The van der Waals surface area contributed by atoms with Gasteiger partial charge in [0.25, 0.3) is 0 Å². The SMILES string of the molecule is CCC(CC#N)NC(=O)/C=C/c1cccc(N)c1. The van der Waals surface area contributed by atoms with E-state index < -0.39 is 0 Å². The molecule has 1 unspecified atom stereocenters. The molecule has 18 heavy (non-hydrogen) atoms. The van der Waals surface area contributed by atoms with Gasteiger partial charge in [0.05, 0.1) is 12.5 Å². The fraction of sp³-hybridized carbons (Fsp3) is 0.286. The van der Waals surface area contributed by atoms with Crippen LogP contribution < -0.4 is 11.1 Å². The third kappa shape index (κ3) is 4.71. The van der Waals surface area contributed by atoms with Crippen molar-refractivity contribution in [2.75, 3.05) is 5.73 Å². The van der Waals surface area contributed by atoms with Crippen LogP contribution in [0.2, 0.25) is 0 Å². The highest BCUT2D eigenvalue weighted by Gasteiger charge is 2.06. The Balaban J connectivity index is 2.57. The molecular weight excluding hydrogens is 226 g/mol. The minimum absolute atomic E-state index is 0.0898. The number of hydrogen-bond acceptors (Lipinski definition) is 3. The topological polar surface area (TPSA) is 78.9 Å². The fourth-order valence-electron chi connectivity index (χ4n) is 1.49. The summed E-state index contributed by atoms with van der Waals surface area (Å²) < 4.78 is 0. The number of anilines is 1. The number of amides is 1. The largest absolute Gasteiger partial charge is 0.399 e. The lowest BCUT2D eigenvalue weighted by Crippen LogP contribution is -2.32. The van der Waals surface area contributed by atoms with Gasteiger partial charge >= 0.3 is 0 Å². The first-order valence-electron chi connectivity index (χ1n) is 5.86. The Morgan fingerprint density at radius 1 is 1.61 bits per heavy atom. The fourth-order valence-corrected chi connectivity index (χ4v) is 1.49. The summed E-state index contributed by atoms with van der Waals surface area (Å²) in [6.07, 6.45) is 4.22. The Hall–Kier alpha value is -2.28. The molecule has 1 rings (SSSR count). The lowest BCUT2D eigenvalue weighted by Gasteiger charge is -2.11. The maximum Gasteiger partial charge on any atom is 0.244 e. The zero-order valence-corrected chi connectivity index (χ0v) is 10.4. The first-order valence-corrected chi connectivity index (χ1v) is 5.86. The number of nitrogen functional groups attached to an aromatic ring is 1. The van der Waals surface area contributed by atoms with Gasteiger partial charge in [0.1, 0.15) is 0 Å². The average molecular weight is 243 g/mol. The molecule has 4 heteroatoms. The van der Waals surface area contributed by atoms with Crippen molar-refractivity contribution in [3.05, 3.63) is 35.9 Å². The van der Waals surface area contributed by atoms with E-state index in [9.17, 15) is 4.79 Å². The molecule has 0 bridgehead atoms. The lowest BCUT2D eigenvalue weighted by molar-refractivity contribution is -0.117. The number of nitrogens with two attached hydrogens (primary N) is 1. The molecule has 0 saturated heterocycles. The Kier molecular flexibility index (Phi) is 5.46. The second-order valence-electron chi connectivity index (χ2n) is 3.98. The summed E-state index contributed by atoms with van der Waals surface area (Å²) in [6, 6.07) is 9.24. The zero-order chi connectivity index (χ0) is 13.4. The second kappa shape index (κ2) is 7.13. The van der Waals surface area contributed by atoms with Gasteiger partial charge in [-0.15, -0.1) is 0 Å². The molecule has 0 aliphatic heterocycles. The Morgan fingerprint density at radius 3 is 3.00 bits per heavy atom. The average Bonchev–Trinajstić information content (AvgIpc) is 2.36. The highest BCUT2D eigenvalue weighted by molar-refractivity contribution is 5.92. The van der Waals surface area contributed by atoms with Gasteiger partial charge < -0.3 is 11.1 Å². The van der Waals surface area contributed by atoms with E-state index in [4.69, 9.17) is 11.0 Å². The normalized spacial score (nSPS) is 12.0. The van der Waals surface area contributed by atoms with E-state index in [1.807, 2.05) is 25.1 Å². The summed E-state index contributed by atoms with van der Waals surface area (Å²) in [5.74, 6) is -0.195. The molecule has 1 amide bonds. The van der Waals surface area contributed by atoms with Gasteiger partial charge in [-0.2, -0.15) is 5.26 Å². The Bertz CT molecular complexity index is 474. The molecular formula is C14H17N3O. The van der Waals surface area contributed by atoms with Crippen LogP contribution in [-0.2, 0) is 4.79 Å². The molecule has 3 N–H and O–H groups in total. The molecule has 0 aliphatic rings. The highest BCUT2D eigenvalue weighted by atomic mass is 16.1. The van der Waals surface area contributed by atoms with Gasteiger partial charge in [0.15, 0.2) is 0 Å². The minimum atomic E-state index is -0.195. The number of nitriles is 1. The van der Waals surface area contributed by atoms with Crippen LogP contribution in [0.3, 0.4) is 0 Å². The van der Waals surface area contributed by atoms with Crippen molar-refractivity contribution in [2.24, 2.45) is 0 Å². The van der Waals surface area contributed by atoms with Crippen LogP contribution in [0.1, 0.15) is 25.3 Å². The van der Waals surface area contributed by atoms with Crippen molar-refractivity contribution in [3.63, 3.8) is 0 Å². The molecule has 0 aromatic heterocycles. The van der Waals surface area contributed by atoms with Crippen LogP contribution in [-0.4, -0.2) is 11.9 Å². The van der Waals surface area contributed by atoms with Gasteiger partial charge in [-0.25, -0.2) is 0 Å². The first-order chi connectivity index (χ1) is 8.65. The number of rotatable bonds is 5. The van der Waals surface area contributed by atoms with Crippen molar-refractivity contribution in [3.8, 4) is 6.07 Å². The number of carbonyl (C=O) groups is 1. The van der Waals surface area contributed by atoms with Crippen molar-refractivity contribution >= 4 is 17.7 Å². The van der Waals surface area contributed by atoms with E-state index in [2.05, 4.69) is 5.32 Å². The van der Waals surface area contributed by atoms with Gasteiger partial charge in [0.2, 0.25) is 5.91 Å². The summed E-state index contributed by atoms with van der Waals surface area (Å²) in [7, 11) is 0. The maximum atomic E-state index is 11.6. The van der Waals surface area contributed by atoms with Crippen LogP contribution in [0.4, 0.5) is 5.69 Å². The predicted octanol–water partition coefficient (Wildman–Crippen LogP) is 2.09. The van der Waals surface area contributed by atoms with Gasteiger partial charge in [-0.1, -0.05) is 19.1 Å². The summed E-state index contributed by atoms with van der Waals surface area (Å²) >= 11 is 0. The van der Waals surface area contributed by atoms with E-state index in [1.165, 1.54) is 6.08 Å². The summed E-state index contributed by atoms with van der Waals surface area (Å²) in [5.41, 5.74) is 7.17. The number of nitrogens with one attached hydrogen (secondary N) is 1. The predicted molar refractivity (Wildman–Crippen MR) is 72.3 cm³/mol. The molecule has 1 aromatic rings. The standard InChI is InChI=1S/C14H17N3O/c1-2-13(8-9-15)17-14(18)7-6-11-4-3-5-12(16)10-11/h3-7,10,13H,2,8,16H2,1H3,(H,17,18)/b7-6+. The number of nitrogens with zero attached hydrogens (tertiary/aromatic N) is 1. The van der Waals surface area contributed by atoms with Crippen molar-refractivity contribution < 1.29 is 4.79 Å². The first kappa shape index (κ1) is 13.8. The van der Waals surface area contributed by atoms with E-state index in [0.717, 1.165) is 12.0 Å². The molecule has 0 aliphatic carbocycles. The van der Waals surface area contributed by atoms with Crippen molar-refractivity contribution in [2.45, 2.75) is 25.8 Å². The zero-order valence-electron chi connectivity index (χ0n) is 10.4. The van der Waals surface area contributed by atoms with Gasteiger partial charge in [0, 0.05) is 17.8 Å². The Morgan fingerprint density at radius 2 is 2.39 bits per heavy atom. The van der Waals surface area contributed by atoms with E-state index in [-0.39, 0.29) is 11.9 Å². The summed E-state index contributed by atoms with van der Waals surface area (Å²) in [6.45, 7) is 1.93. The van der Waals surface area contributed by atoms with Gasteiger partial charge in [-0.05, 0) is 30.2 Å². The number of hydrogen-bond donors (Lipinski definition) is 2. The van der Waals surface area contributed by atoms with Crippen LogP contribution in [0.15, 0.2) is 30.3 Å². The van der Waals surface area contributed by atoms with Crippen molar-refractivity contribution in [1.29, 1.82) is 5.26 Å². The molecule has 0 spiro atoms. The van der Waals surface area contributed by atoms with Crippen LogP contribution in [0.25, 0.3) is 6.08 Å². The molecule has 94 valence electrons. The molecule has 0 radical (unpaired) electrons. The smallest absolute Gasteiger partial charge is 0.244 e. The maximum absolute atomic E-state index is 11.6. The minimum Gasteiger partial charge on any atom is -0.399 e. The van der Waals surface area contributed by atoms with E-state index in [1.54, 1.807) is 18.2 Å². The third-order valence-corrected chi connectivity index (χ3v) is 2.51. The van der Waals surface area contributed by atoms with Crippen LogP contribution in [0.5, 0.6) is 0 Å². The summed E-state index contributed by atoms with van der Waals surface area (Å²) in [5, 5.41) is 11.4. The van der Waals surface area contributed by atoms with Gasteiger partial charge in [-0.3, -0.25) is 4.79 Å². The van der Waals surface area contributed by atoms with Crippen molar-refractivity contribution in [1.82, 2.24) is 5.32 Å². The second-order valence-corrected chi connectivity index (χ2v) is 3.98. The molecule has 1 aromatic carbocycles.